The van der Waals surface area contributed by atoms with Crippen LogP contribution in [0.15, 0.2) is 24.4 Å². The van der Waals surface area contributed by atoms with Crippen LogP contribution in [0, 0.1) is 0 Å². The van der Waals surface area contributed by atoms with Gasteiger partial charge >= 0.3 is 6.09 Å². The van der Waals surface area contributed by atoms with Crippen molar-refractivity contribution in [3.63, 3.8) is 0 Å². The molecule has 1 aromatic rings. The van der Waals surface area contributed by atoms with Gasteiger partial charge in [-0.05, 0) is 31.5 Å². The molecule has 0 bridgehead atoms. The molecule has 2 aliphatic rings. The summed E-state index contributed by atoms with van der Waals surface area (Å²) in [5, 5.41) is 0. The smallest absolute Gasteiger partial charge is 0.409 e. The third kappa shape index (κ3) is 5.22. The van der Waals surface area contributed by atoms with Crippen molar-refractivity contribution >= 4 is 24.3 Å². The second-order valence-corrected chi connectivity index (χ2v) is 6.05. The van der Waals surface area contributed by atoms with Crippen molar-refractivity contribution in [1.82, 2.24) is 14.8 Å². The number of rotatable bonds is 5. The molecule has 0 saturated carbocycles. The maximum Gasteiger partial charge on any atom is 0.409 e. The second kappa shape index (κ2) is 9.66. The minimum absolute atomic E-state index is 0. The van der Waals surface area contributed by atoms with Gasteiger partial charge in [0.1, 0.15) is 11.9 Å². The Balaban J connectivity index is 0.00000144. The molecule has 8 heteroatoms. The van der Waals surface area contributed by atoms with Crippen molar-refractivity contribution < 1.29 is 15.0 Å². The number of cyclic esters (lactones) is 1. The fraction of sp³-hybridized carbons (Fsp3) is 0.625. The number of halogens is 1. The summed E-state index contributed by atoms with van der Waals surface area (Å²) in [6, 6.07) is 6.06. The summed E-state index contributed by atoms with van der Waals surface area (Å²) in [5.74, 6) is 1.07. The van der Waals surface area contributed by atoms with Crippen LogP contribution in [0.5, 0.6) is 0 Å². The van der Waals surface area contributed by atoms with E-state index in [-0.39, 0.29) is 30.1 Å². The Morgan fingerprint density at radius 1 is 1.25 bits per heavy atom. The van der Waals surface area contributed by atoms with Crippen molar-refractivity contribution in [3.8, 4) is 0 Å². The van der Waals surface area contributed by atoms with Crippen molar-refractivity contribution in [3.05, 3.63) is 24.4 Å². The number of likely N-dealkylation sites (N-methyl/N-ethyl adjacent to an activating group) is 1. The molecular formula is C16H27ClN4O3. The zero-order valence-corrected chi connectivity index (χ0v) is 14.9. The van der Waals surface area contributed by atoms with E-state index in [1.54, 1.807) is 11.9 Å². The molecule has 7 nitrogen and oxygen atoms in total. The molecule has 0 spiro atoms. The van der Waals surface area contributed by atoms with Crippen LogP contribution in [0.4, 0.5) is 10.6 Å². The molecule has 136 valence electrons. The van der Waals surface area contributed by atoms with Crippen LogP contribution in [0.1, 0.15) is 12.8 Å². The lowest BCUT2D eigenvalue weighted by Crippen LogP contribution is -2.47. The summed E-state index contributed by atoms with van der Waals surface area (Å²) in [6.45, 7) is 6.00. The maximum absolute atomic E-state index is 11.3. The molecule has 0 aliphatic carbocycles. The normalized spacial score (nSPS) is 21.0. The largest absolute Gasteiger partial charge is 0.444 e. The summed E-state index contributed by atoms with van der Waals surface area (Å²) < 4.78 is 5.29. The first kappa shape index (κ1) is 20.5. The molecule has 3 heterocycles. The van der Waals surface area contributed by atoms with Crippen molar-refractivity contribution in [2.24, 2.45) is 0 Å². The summed E-state index contributed by atoms with van der Waals surface area (Å²) >= 11 is 0. The Morgan fingerprint density at radius 2 is 2.00 bits per heavy atom. The first-order valence-electron chi connectivity index (χ1n) is 8.02. The van der Waals surface area contributed by atoms with E-state index in [0.717, 1.165) is 57.9 Å². The topological polar surface area (TPSA) is 80.4 Å². The molecule has 1 aromatic heterocycles. The van der Waals surface area contributed by atoms with Crippen LogP contribution in [0.25, 0.3) is 0 Å². The maximum atomic E-state index is 11.3. The summed E-state index contributed by atoms with van der Waals surface area (Å²) in [6.07, 6.45) is 3.77. The van der Waals surface area contributed by atoms with Crippen LogP contribution in [0.3, 0.4) is 0 Å². The zero-order valence-electron chi connectivity index (χ0n) is 14.1. The van der Waals surface area contributed by atoms with Crippen LogP contribution in [-0.2, 0) is 4.74 Å². The Labute approximate surface area is 149 Å². The van der Waals surface area contributed by atoms with Gasteiger partial charge in [-0.25, -0.2) is 9.78 Å². The van der Waals surface area contributed by atoms with E-state index < -0.39 is 0 Å². The first-order chi connectivity index (χ1) is 10.7. The van der Waals surface area contributed by atoms with Crippen LogP contribution in [0.2, 0.25) is 0 Å². The predicted molar refractivity (Wildman–Crippen MR) is 95.9 cm³/mol. The van der Waals surface area contributed by atoms with E-state index in [4.69, 9.17) is 4.74 Å². The van der Waals surface area contributed by atoms with E-state index in [0.29, 0.717) is 0 Å². The lowest BCUT2D eigenvalue weighted by atomic mass is 10.2. The van der Waals surface area contributed by atoms with Crippen LogP contribution >= 0.6 is 12.4 Å². The van der Waals surface area contributed by atoms with Gasteiger partial charge in [0.05, 0.1) is 6.54 Å². The molecule has 2 fully saturated rings. The van der Waals surface area contributed by atoms with Crippen molar-refractivity contribution in [2.45, 2.75) is 18.9 Å². The minimum atomic E-state index is -0.186. The van der Waals surface area contributed by atoms with Gasteiger partial charge in [0.25, 0.3) is 0 Å². The fourth-order valence-electron chi connectivity index (χ4n) is 3.08. The minimum Gasteiger partial charge on any atom is -0.444 e. The Morgan fingerprint density at radius 3 is 2.58 bits per heavy atom. The SMILES string of the molecule is CN1CC(CCCN2CCN(c3ccccn3)CC2)OC1=O.Cl.O. The third-order valence-electron chi connectivity index (χ3n) is 4.40. The number of aromatic nitrogens is 1. The highest BCUT2D eigenvalue weighted by molar-refractivity contribution is 5.85. The number of ether oxygens (including phenoxy) is 1. The highest BCUT2D eigenvalue weighted by Gasteiger charge is 2.27. The highest BCUT2D eigenvalue weighted by Crippen LogP contribution is 2.16. The van der Waals surface area contributed by atoms with E-state index in [1.807, 2.05) is 18.3 Å². The van der Waals surface area contributed by atoms with Gasteiger partial charge in [0.15, 0.2) is 0 Å². The fourth-order valence-corrected chi connectivity index (χ4v) is 3.08. The highest BCUT2D eigenvalue weighted by atomic mass is 35.5. The molecule has 2 aliphatic heterocycles. The molecule has 0 radical (unpaired) electrons. The number of carbonyl (C=O) groups excluding carboxylic acids is 1. The average molecular weight is 359 g/mol. The Bertz CT molecular complexity index is 497. The Kier molecular flexibility index (Phi) is 8.24. The average Bonchev–Trinajstić information content (AvgIpc) is 2.87. The number of carbonyl (C=O) groups is 1. The second-order valence-electron chi connectivity index (χ2n) is 6.05. The summed E-state index contributed by atoms with van der Waals surface area (Å²) in [5.41, 5.74) is 0. The number of hydrogen-bond donors (Lipinski definition) is 0. The number of nitrogens with zero attached hydrogens (tertiary/aromatic N) is 4. The summed E-state index contributed by atoms with van der Waals surface area (Å²) in [7, 11) is 1.79. The number of amides is 1. The molecule has 3 rings (SSSR count). The van der Waals surface area contributed by atoms with Gasteiger partial charge in [-0.2, -0.15) is 0 Å². The molecule has 2 saturated heterocycles. The van der Waals surface area contributed by atoms with E-state index in [1.165, 1.54) is 0 Å². The van der Waals surface area contributed by atoms with Crippen molar-refractivity contribution in [2.75, 3.05) is 51.2 Å². The van der Waals surface area contributed by atoms with Gasteiger partial charge < -0.3 is 20.0 Å². The standard InChI is InChI=1S/C16H24N4O2.ClH.H2O/c1-18-13-14(22-16(18)21)5-4-8-19-9-11-20(12-10-19)15-6-2-3-7-17-15;;/h2-3,6-7,14H,4-5,8-13H2,1H3;1H;1H2. The third-order valence-corrected chi connectivity index (χ3v) is 4.40. The molecular weight excluding hydrogens is 332 g/mol. The van der Waals surface area contributed by atoms with E-state index >= 15 is 0 Å². The van der Waals surface area contributed by atoms with E-state index in [9.17, 15) is 4.79 Å². The number of hydrogen-bond acceptors (Lipinski definition) is 5. The number of anilines is 1. The molecule has 1 amide bonds. The van der Waals surface area contributed by atoms with Gasteiger partial charge in [-0.3, -0.25) is 4.90 Å². The van der Waals surface area contributed by atoms with Crippen molar-refractivity contribution in [1.29, 1.82) is 0 Å². The molecule has 24 heavy (non-hydrogen) atoms. The van der Waals surface area contributed by atoms with Gasteiger partial charge in [0.2, 0.25) is 0 Å². The van der Waals surface area contributed by atoms with Gasteiger partial charge in [0, 0.05) is 39.4 Å². The quantitative estimate of drug-likeness (QED) is 0.785. The molecule has 0 aromatic carbocycles. The van der Waals surface area contributed by atoms with Crippen LogP contribution < -0.4 is 4.90 Å². The summed E-state index contributed by atoms with van der Waals surface area (Å²) in [4.78, 5) is 22.2. The lowest BCUT2D eigenvalue weighted by molar-refractivity contribution is 0.126. The molecule has 2 N–H and O–H groups in total. The predicted octanol–water partition coefficient (Wildman–Crippen LogP) is 1.03. The first-order valence-corrected chi connectivity index (χ1v) is 8.02. The van der Waals surface area contributed by atoms with Crippen LogP contribution in [-0.4, -0.2) is 78.8 Å². The number of pyridine rings is 1. The Hall–Kier alpha value is -1.57. The van der Waals surface area contributed by atoms with E-state index in [2.05, 4.69) is 20.9 Å². The molecule has 1 atom stereocenters. The zero-order chi connectivity index (χ0) is 15.4. The monoisotopic (exact) mass is 358 g/mol. The molecule has 1 unspecified atom stereocenters. The van der Waals surface area contributed by atoms with Gasteiger partial charge in [-0.15, -0.1) is 12.4 Å². The lowest BCUT2D eigenvalue weighted by Gasteiger charge is -2.35. The number of piperazine rings is 1. The van der Waals surface area contributed by atoms with Gasteiger partial charge in [-0.1, -0.05) is 6.07 Å².